The molecule has 0 aliphatic carbocycles. The molecular formula is C13H16N2O2. The standard InChI is InChI=1S/C13H16N2O2/c1-13(2,3)12(16)17-11-7-15-10-5-4-8(14)6-9(10)11/h4-7,15H,14H2,1-3H3. The van der Waals surface area contributed by atoms with Crippen molar-refractivity contribution in [3.05, 3.63) is 24.4 Å². The SMILES string of the molecule is CC(C)(C)C(=O)Oc1c[nH]c2ccc(N)cc12. The van der Waals surface area contributed by atoms with Crippen molar-refractivity contribution >= 4 is 22.6 Å². The summed E-state index contributed by atoms with van der Waals surface area (Å²) in [5, 5.41) is 0.822. The first kappa shape index (κ1) is 11.5. The first-order valence-corrected chi connectivity index (χ1v) is 5.47. The molecule has 1 aromatic heterocycles. The molecule has 2 rings (SSSR count). The summed E-state index contributed by atoms with van der Waals surface area (Å²) in [5.41, 5.74) is 6.73. The van der Waals surface area contributed by atoms with E-state index in [9.17, 15) is 4.79 Å². The van der Waals surface area contributed by atoms with E-state index < -0.39 is 5.41 Å². The third kappa shape index (κ3) is 2.25. The fraction of sp³-hybridized carbons (Fsp3) is 0.308. The van der Waals surface area contributed by atoms with Gasteiger partial charge in [0.1, 0.15) is 0 Å². The molecule has 0 radical (unpaired) electrons. The number of nitrogens with one attached hydrogen (secondary N) is 1. The molecular weight excluding hydrogens is 216 g/mol. The maximum Gasteiger partial charge on any atom is 0.316 e. The molecule has 4 heteroatoms. The number of aromatic nitrogens is 1. The highest BCUT2D eigenvalue weighted by molar-refractivity contribution is 5.91. The number of anilines is 1. The predicted octanol–water partition coefficient (Wildman–Crippen LogP) is 2.70. The van der Waals surface area contributed by atoms with Crippen molar-refractivity contribution in [1.29, 1.82) is 0 Å². The molecule has 17 heavy (non-hydrogen) atoms. The minimum absolute atomic E-state index is 0.263. The number of nitrogens with two attached hydrogens (primary N) is 1. The summed E-state index contributed by atoms with van der Waals surface area (Å²) >= 11 is 0. The van der Waals surface area contributed by atoms with Crippen molar-refractivity contribution in [2.45, 2.75) is 20.8 Å². The average Bonchev–Trinajstić information content (AvgIpc) is 2.60. The molecule has 90 valence electrons. The summed E-state index contributed by atoms with van der Waals surface area (Å²) < 4.78 is 5.36. The van der Waals surface area contributed by atoms with Crippen LogP contribution in [0.1, 0.15) is 20.8 Å². The van der Waals surface area contributed by atoms with Gasteiger partial charge in [0.2, 0.25) is 0 Å². The Labute approximate surface area is 99.8 Å². The average molecular weight is 232 g/mol. The topological polar surface area (TPSA) is 68.1 Å². The number of hydrogen-bond donors (Lipinski definition) is 2. The van der Waals surface area contributed by atoms with Gasteiger partial charge in [-0.25, -0.2) is 0 Å². The van der Waals surface area contributed by atoms with Crippen LogP contribution in [0.25, 0.3) is 10.9 Å². The lowest BCUT2D eigenvalue weighted by atomic mass is 9.97. The first-order chi connectivity index (χ1) is 7.88. The number of ether oxygens (including phenoxy) is 1. The maximum atomic E-state index is 11.8. The molecule has 0 aliphatic heterocycles. The summed E-state index contributed by atoms with van der Waals surface area (Å²) in [7, 11) is 0. The van der Waals surface area contributed by atoms with Crippen LogP contribution in [0.4, 0.5) is 5.69 Å². The Morgan fingerprint density at radius 2 is 2.06 bits per heavy atom. The molecule has 2 aromatic rings. The number of esters is 1. The van der Waals surface area contributed by atoms with Crippen LogP contribution in [0.2, 0.25) is 0 Å². The van der Waals surface area contributed by atoms with Crippen molar-refractivity contribution in [3.63, 3.8) is 0 Å². The molecule has 1 aromatic carbocycles. The minimum Gasteiger partial charge on any atom is -0.424 e. The van der Waals surface area contributed by atoms with E-state index in [0.717, 1.165) is 10.9 Å². The summed E-state index contributed by atoms with van der Waals surface area (Å²) in [6.45, 7) is 5.45. The lowest BCUT2D eigenvalue weighted by Crippen LogP contribution is -2.25. The normalized spacial score (nSPS) is 11.7. The largest absolute Gasteiger partial charge is 0.424 e. The smallest absolute Gasteiger partial charge is 0.316 e. The highest BCUT2D eigenvalue weighted by Gasteiger charge is 2.24. The first-order valence-electron chi connectivity index (χ1n) is 5.47. The third-order valence-electron chi connectivity index (χ3n) is 2.48. The molecule has 0 bridgehead atoms. The lowest BCUT2D eigenvalue weighted by molar-refractivity contribution is -0.142. The van der Waals surface area contributed by atoms with Gasteiger partial charge >= 0.3 is 5.97 Å². The van der Waals surface area contributed by atoms with Gasteiger partial charge in [0.05, 0.1) is 5.41 Å². The van der Waals surface area contributed by atoms with Crippen LogP contribution in [-0.4, -0.2) is 11.0 Å². The number of carbonyl (C=O) groups excluding carboxylic acids is 1. The van der Waals surface area contributed by atoms with E-state index in [-0.39, 0.29) is 5.97 Å². The second-order valence-electron chi connectivity index (χ2n) is 5.10. The molecule has 0 spiro atoms. The van der Waals surface area contributed by atoms with E-state index in [4.69, 9.17) is 10.5 Å². The number of H-pyrrole nitrogens is 1. The monoisotopic (exact) mass is 232 g/mol. The highest BCUT2D eigenvalue weighted by atomic mass is 16.5. The Morgan fingerprint density at radius 3 is 2.71 bits per heavy atom. The van der Waals surface area contributed by atoms with Crippen molar-refractivity contribution < 1.29 is 9.53 Å². The zero-order chi connectivity index (χ0) is 12.6. The fourth-order valence-electron chi connectivity index (χ4n) is 1.45. The molecule has 0 aliphatic rings. The van der Waals surface area contributed by atoms with Crippen LogP contribution in [0.3, 0.4) is 0 Å². The highest BCUT2D eigenvalue weighted by Crippen LogP contribution is 2.29. The van der Waals surface area contributed by atoms with Gasteiger partial charge < -0.3 is 15.5 Å². The number of aromatic amines is 1. The van der Waals surface area contributed by atoms with E-state index in [1.807, 2.05) is 26.8 Å². The van der Waals surface area contributed by atoms with Gasteiger partial charge in [-0.15, -0.1) is 0 Å². The third-order valence-corrected chi connectivity index (χ3v) is 2.48. The molecule has 0 saturated carbocycles. The summed E-state index contributed by atoms with van der Waals surface area (Å²) in [6.07, 6.45) is 1.67. The van der Waals surface area contributed by atoms with Crippen LogP contribution in [0.15, 0.2) is 24.4 Å². The molecule has 1 heterocycles. The molecule has 0 unspecified atom stereocenters. The van der Waals surface area contributed by atoms with Gasteiger partial charge in [0, 0.05) is 22.8 Å². The minimum atomic E-state index is -0.524. The van der Waals surface area contributed by atoms with Crippen LogP contribution in [0.5, 0.6) is 5.75 Å². The molecule has 3 N–H and O–H groups in total. The number of nitrogen functional groups attached to an aromatic ring is 1. The van der Waals surface area contributed by atoms with E-state index >= 15 is 0 Å². The zero-order valence-electron chi connectivity index (χ0n) is 10.2. The zero-order valence-corrected chi connectivity index (χ0v) is 10.2. The Bertz CT molecular complexity index is 564. The van der Waals surface area contributed by atoms with E-state index in [2.05, 4.69) is 4.98 Å². The number of carbonyl (C=O) groups is 1. The number of rotatable bonds is 1. The van der Waals surface area contributed by atoms with E-state index in [1.54, 1.807) is 18.3 Å². The van der Waals surface area contributed by atoms with Crippen LogP contribution >= 0.6 is 0 Å². The molecule has 4 nitrogen and oxygen atoms in total. The number of hydrogen-bond acceptors (Lipinski definition) is 3. The second-order valence-corrected chi connectivity index (χ2v) is 5.10. The summed E-state index contributed by atoms with van der Waals surface area (Å²) in [5.74, 6) is 0.257. The van der Waals surface area contributed by atoms with Crippen LogP contribution in [0, 0.1) is 5.41 Å². The van der Waals surface area contributed by atoms with Crippen LogP contribution in [-0.2, 0) is 4.79 Å². The van der Waals surface area contributed by atoms with Crippen molar-refractivity contribution in [3.8, 4) is 5.75 Å². The van der Waals surface area contributed by atoms with Gasteiger partial charge in [-0.3, -0.25) is 4.79 Å². The number of fused-ring (bicyclic) bond motifs is 1. The predicted molar refractivity (Wildman–Crippen MR) is 67.8 cm³/mol. The van der Waals surface area contributed by atoms with Crippen molar-refractivity contribution in [1.82, 2.24) is 4.98 Å². The Hall–Kier alpha value is -1.97. The summed E-state index contributed by atoms with van der Waals surface area (Å²) in [6, 6.07) is 5.45. The molecule has 0 fully saturated rings. The maximum absolute atomic E-state index is 11.8. The quantitative estimate of drug-likeness (QED) is 0.586. The van der Waals surface area contributed by atoms with Gasteiger partial charge in [-0.2, -0.15) is 0 Å². The molecule has 0 saturated heterocycles. The van der Waals surface area contributed by atoms with Crippen molar-refractivity contribution in [2.75, 3.05) is 5.73 Å². The Kier molecular flexibility index (Phi) is 2.58. The fourth-order valence-corrected chi connectivity index (χ4v) is 1.45. The van der Waals surface area contributed by atoms with Gasteiger partial charge in [-0.1, -0.05) is 0 Å². The Balaban J connectivity index is 2.37. The van der Waals surface area contributed by atoms with E-state index in [1.165, 1.54) is 0 Å². The van der Waals surface area contributed by atoms with Crippen molar-refractivity contribution in [2.24, 2.45) is 5.41 Å². The molecule has 0 amide bonds. The van der Waals surface area contributed by atoms with Crippen LogP contribution < -0.4 is 10.5 Å². The summed E-state index contributed by atoms with van der Waals surface area (Å²) in [4.78, 5) is 14.8. The van der Waals surface area contributed by atoms with Gasteiger partial charge in [0.15, 0.2) is 5.75 Å². The lowest BCUT2D eigenvalue weighted by Gasteiger charge is -2.15. The second kappa shape index (κ2) is 3.80. The van der Waals surface area contributed by atoms with Gasteiger partial charge in [-0.05, 0) is 39.0 Å². The van der Waals surface area contributed by atoms with Gasteiger partial charge in [0.25, 0.3) is 0 Å². The molecule has 0 atom stereocenters. The van der Waals surface area contributed by atoms with E-state index in [0.29, 0.717) is 11.4 Å². The number of benzene rings is 1. The Morgan fingerprint density at radius 1 is 1.35 bits per heavy atom.